The lowest BCUT2D eigenvalue weighted by atomic mass is 10.1. The molecule has 0 saturated carbocycles. The van der Waals surface area contributed by atoms with Crippen molar-refractivity contribution < 1.29 is 4.79 Å². The monoisotopic (exact) mass is 272 g/mol. The second kappa shape index (κ2) is 4.84. The number of aromatic nitrogens is 1. The van der Waals surface area contributed by atoms with E-state index in [0.29, 0.717) is 11.6 Å². The van der Waals surface area contributed by atoms with E-state index < -0.39 is 0 Å². The molecule has 0 aromatic carbocycles. The molecular formula is C11H17BrN2O. The third-order valence-electron chi connectivity index (χ3n) is 2.56. The lowest BCUT2D eigenvalue weighted by Gasteiger charge is -2.17. The highest BCUT2D eigenvalue weighted by molar-refractivity contribution is 9.10. The van der Waals surface area contributed by atoms with E-state index in [4.69, 9.17) is 0 Å². The lowest BCUT2D eigenvalue weighted by molar-refractivity contribution is 0.0922. The zero-order chi connectivity index (χ0) is 11.6. The van der Waals surface area contributed by atoms with Crippen LogP contribution in [-0.4, -0.2) is 16.5 Å². The molecule has 1 aromatic heterocycles. The van der Waals surface area contributed by atoms with Crippen LogP contribution in [0.4, 0.5) is 0 Å². The Morgan fingerprint density at radius 3 is 2.47 bits per heavy atom. The summed E-state index contributed by atoms with van der Waals surface area (Å²) in [7, 11) is 1.86. The zero-order valence-corrected chi connectivity index (χ0v) is 11.1. The van der Waals surface area contributed by atoms with Crippen LogP contribution in [0.15, 0.2) is 16.7 Å². The van der Waals surface area contributed by atoms with Gasteiger partial charge in [-0.1, -0.05) is 13.8 Å². The summed E-state index contributed by atoms with van der Waals surface area (Å²) in [6, 6.07) is 2.01. The first-order valence-electron chi connectivity index (χ1n) is 5.04. The predicted molar refractivity (Wildman–Crippen MR) is 64.9 cm³/mol. The molecule has 0 bridgehead atoms. The fourth-order valence-electron chi connectivity index (χ4n) is 1.20. The smallest absolute Gasteiger partial charge is 0.268 e. The Labute approximate surface area is 99.0 Å². The van der Waals surface area contributed by atoms with Crippen molar-refractivity contribution in [2.45, 2.75) is 26.8 Å². The molecule has 1 rings (SSSR count). The van der Waals surface area contributed by atoms with Crippen LogP contribution in [-0.2, 0) is 7.05 Å². The van der Waals surface area contributed by atoms with Gasteiger partial charge in [0, 0.05) is 23.8 Å². The molecule has 1 aromatic rings. The Bertz CT molecular complexity index is 357. The molecule has 0 aliphatic carbocycles. The first-order chi connectivity index (χ1) is 6.91. The van der Waals surface area contributed by atoms with E-state index in [1.807, 2.05) is 30.8 Å². The third kappa shape index (κ3) is 3.09. The van der Waals surface area contributed by atoms with E-state index in [1.54, 1.807) is 0 Å². The summed E-state index contributed by atoms with van der Waals surface area (Å²) in [5, 5.41) is 2.97. The van der Waals surface area contributed by atoms with E-state index in [0.717, 1.165) is 4.47 Å². The number of carbonyl (C=O) groups excluding carboxylic acids is 1. The van der Waals surface area contributed by atoms with Gasteiger partial charge in [-0.2, -0.15) is 0 Å². The molecule has 84 valence electrons. The molecule has 1 heterocycles. The van der Waals surface area contributed by atoms with Gasteiger partial charge in [0.25, 0.3) is 5.91 Å². The summed E-state index contributed by atoms with van der Waals surface area (Å²) in [6.07, 6.45) is 1.87. The van der Waals surface area contributed by atoms with Crippen LogP contribution in [0.25, 0.3) is 0 Å². The molecule has 1 atom stereocenters. The number of rotatable bonds is 3. The molecule has 0 fully saturated rings. The maximum Gasteiger partial charge on any atom is 0.268 e. The van der Waals surface area contributed by atoms with Crippen LogP contribution in [0, 0.1) is 5.92 Å². The highest BCUT2D eigenvalue weighted by atomic mass is 79.9. The van der Waals surface area contributed by atoms with Gasteiger partial charge in [0.15, 0.2) is 0 Å². The standard InChI is InChI=1S/C11H17BrN2O/c1-7(2)8(3)13-11(15)10-5-9(12)6-14(10)4/h5-8H,1-4H3,(H,13,15). The number of amides is 1. The largest absolute Gasteiger partial charge is 0.348 e. The number of nitrogens with one attached hydrogen (secondary N) is 1. The SMILES string of the molecule is CC(C)C(C)NC(=O)c1cc(Br)cn1C. The number of hydrogen-bond acceptors (Lipinski definition) is 1. The number of hydrogen-bond donors (Lipinski definition) is 1. The number of nitrogens with zero attached hydrogens (tertiary/aromatic N) is 1. The molecule has 3 nitrogen and oxygen atoms in total. The molecule has 1 unspecified atom stereocenters. The molecule has 4 heteroatoms. The first-order valence-corrected chi connectivity index (χ1v) is 5.84. The summed E-state index contributed by atoms with van der Waals surface area (Å²) in [5.41, 5.74) is 0.675. The van der Waals surface area contributed by atoms with Gasteiger partial charge in [0.2, 0.25) is 0 Å². The second-order valence-corrected chi connectivity index (χ2v) is 5.08. The van der Waals surface area contributed by atoms with Gasteiger partial charge in [0.05, 0.1) is 0 Å². The van der Waals surface area contributed by atoms with Crippen molar-refractivity contribution in [2.75, 3.05) is 0 Å². The molecule has 1 amide bonds. The van der Waals surface area contributed by atoms with Crippen molar-refractivity contribution in [3.63, 3.8) is 0 Å². The Balaban J connectivity index is 2.73. The molecule has 0 aliphatic heterocycles. The highest BCUT2D eigenvalue weighted by Gasteiger charge is 2.15. The van der Waals surface area contributed by atoms with Gasteiger partial charge in [-0.3, -0.25) is 4.79 Å². The topological polar surface area (TPSA) is 34.0 Å². The number of carbonyl (C=O) groups is 1. The van der Waals surface area contributed by atoms with Gasteiger partial charge >= 0.3 is 0 Å². The molecule has 0 saturated heterocycles. The predicted octanol–water partition coefficient (Wildman–Crippen LogP) is 2.56. The average Bonchev–Trinajstić information content (AvgIpc) is 2.44. The van der Waals surface area contributed by atoms with Gasteiger partial charge in [-0.15, -0.1) is 0 Å². The second-order valence-electron chi connectivity index (χ2n) is 4.16. The van der Waals surface area contributed by atoms with Crippen LogP contribution in [0.2, 0.25) is 0 Å². The van der Waals surface area contributed by atoms with Gasteiger partial charge in [-0.05, 0) is 34.8 Å². The van der Waals surface area contributed by atoms with Crippen LogP contribution in [0.5, 0.6) is 0 Å². The first kappa shape index (κ1) is 12.3. The summed E-state index contributed by atoms with van der Waals surface area (Å²) in [4.78, 5) is 11.8. The molecule has 1 N–H and O–H groups in total. The Morgan fingerprint density at radius 1 is 1.47 bits per heavy atom. The van der Waals surface area contributed by atoms with Crippen LogP contribution in [0.1, 0.15) is 31.3 Å². The van der Waals surface area contributed by atoms with Crippen molar-refractivity contribution in [1.29, 1.82) is 0 Å². The van der Waals surface area contributed by atoms with E-state index >= 15 is 0 Å². The van der Waals surface area contributed by atoms with Gasteiger partial charge in [-0.25, -0.2) is 0 Å². The van der Waals surface area contributed by atoms with E-state index in [9.17, 15) is 4.79 Å². The van der Waals surface area contributed by atoms with Crippen LogP contribution in [0.3, 0.4) is 0 Å². The van der Waals surface area contributed by atoms with Crippen molar-refractivity contribution in [3.8, 4) is 0 Å². The number of halogens is 1. The average molecular weight is 273 g/mol. The molecular weight excluding hydrogens is 256 g/mol. The number of aryl methyl sites for hydroxylation is 1. The Morgan fingerprint density at radius 2 is 2.07 bits per heavy atom. The van der Waals surface area contributed by atoms with Crippen LogP contribution < -0.4 is 5.32 Å². The third-order valence-corrected chi connectivity index (χ3v) is 3.00. The summed E-state index contributed by atoms with van der Waals surface area (Å²) in [6.45, 7) is 6.19. The van der Waals surface area contributed by atoms with Crippen molar-refractivity contribution in [2.24, 2.45) is 13.0 Å². The summed E-state index contributed by atoms with van der Waals surface area (Å²) >= 11 is 3.35. The summed E-state index contributed by atoms with van der Waals surface area (Å²) < 4.78 is 2.74. The van der Waals surface area contributed by atoms with Gasteiger partial charge < -0.3 is 9.88 Å². The molecule has 0 spiro atoms. The zero-order valence-electron chi connectivity index (χ0n) is 9.54. The van der Waals surface area contributed by atoms with Crippen molar-refractivity contribution in [1.82, 2.24) is 9.88 Å². The molecule has 15 heavy (non-hydrogen) atoms. The minimum atomic E-state index is -0.0237. The van der Waals surface area contributed by atoms with E-state index in [1.165, 1.54) is 0 Å². The van der Waals surface area contributed by atoms with Crippen molar-refractivity contribution in [3.05, 3.63) is 22.4 Å². The minimum absolute atomic E-state index is 0.0237. The minimum Gasteiger partial charge on any atom is -0.348 e. The fraction of sp³-hybridized carbons (Fsp3) is 0.545. The summed E-state index contributed by atoms with van der Waals surface area (Å²) in [5.74, 6) is 0.419. The molecule has 0 aliphatic rings. The molecule has 0 radical (unpaired) electrons. The maximum atomic E-state index is 11.8. The quantitative estimate of drug-likeness (QED) is 0.902. The normalized spacial score (nSPS) is 12.9. The fourth-order valence-corrected chi connectivity index (χ4v) is 1.72. The van der Waals surface area contributed by atoms with Crippen LogP contribution >= 0.6 is 15.9 Å². The van der Waals surface area contributed by atoms with E-state index in [2.05, 4.69) is 35.1 Å². The van der Waals surface area contributed by atoms with Crippen molar-refractivity contribution >= 4 is 21.8 Å². The van der Waals surface area contributed by atoms with Gasteiger partial charge in [0.1, 0.15) is 5.69 Å². The lowest BCUT2D eigenvalue weighted by Crippen LogP contribution is -2.36. The van der Waals surface area contributed by atoms with E-state index in [-0.39, 0.29) is 11.9 Å². The maximum absolute atomic E-state index is 11.8. The highest BCUT2D eigenvalue weighted by Crippen LogP contribution is 2.14. The Hall–Kier alpha value is -0.770. The Kier molecular flexibility index (Phi) is 3.97.